The Balaban J connectivity index is 2.87. The molecular formula is C11H17NOS. The van der Waals surface area contributed by atoms with E-state index in [1.165, 1.54) is 4.90 Å². The van der Waals surface area contributed by atoms with E-state index in [0.29, 0.717) is 0 Å². The number of benzene rings is 1. The van der Waals surface area contributed by atoms with Crippen LogP contribution in [-0.4, -0.2) is 12.0 Å². The lowest BCUT2D eigenvalue weighted by Crippen LogP contribution is -2.26. The van der Waals surface area contributed by atoms with Crippen LogP contribution in [0.5, 0.6) is 5.75 Å². The third-order valence-corrected chi connectivity index (χ3v) is 2.76. The molecule has 0 atom stereocenters. The Labute approximate surface area is 89.8 Å². The summed E-state index contributed by atoms with van der Waals surface area (Å²) in [6.07, 6.45) is 0. The van der Waals surface area contributed by atoms with Crippen molar-refractivity contribution in [3.63, 3.8) is 0 Å². The van der Waals surface area contributed by atoms with Gasteiger partial charge in [0.2, 0.25) is 0 Å². The average molecular weight is 211 g/mol. The number of ether oxygens (including phenoxy) is 1. The summed E-state index contributed by atoms with van der Waals surface area (Å²) in [6.45, 7) is 6.03. The number of hydrogen-bond donors (Lipinski definition) is 1. The van der Waals surface area contributed by atoms with Crippen LogP contribution in [0.25, 0.3) is 0 Å². The van der Waals surface area contributed by atoms with Crippen LogP contribution in [0, 0.1) is 6.92 Å². The highest BCUT2D eigenvalue weighted by molar-refractivity contribution is 8.00. The summed E-state index contributed by atoms with van der Waals surface area (Å²) in [7, 11) is 1.68. The highest BCUT2D eigenvalue weighted by Crippen LogP contribution is 2.31. The van der Waals surface area contributed by atoms with Crippen LogP contribution in [0.1, 0.15) is 19.4 Å². The summed E-state index contributed by atoms with van der Waals surface area (Å²) in [6, 6.07) is 6.10. The van der Waals surface area contributed by atoms with Gasteiger partial charge in [0.1, 0.15) is 5.75 Å². The molecule has 1 aromatic rings. The zero-order valence-corrected chi connectivity index (χ0v) is 9.94. The molecule has 0 radical (unpaired) electrons. The van der Waals surface area contributed by atoms with E-state index in [4.69, 9.17) is 10.5 Å². The normalized spacial score (nSPS) is 11.5. The fourth-order valence-electron chi connectivity index (χ4n) is 1.22. The van der Waals surface area contributed by atoms with E-state index in [9.17, 15) is 0 Å². The second-order valence-corrected chi connectivity index (χ2v) is 5.56. The van der Waals surface area contributed by atoms with E-state index in [2.05, 4.69) is 6.07 Å². The molecule has 0 aromatic heterocycles. The Morgan fingerprint density at radius 3 is 2.43 bits per heavy atom. The number of hydrogen-bond acceptors (Lipinski definition) is 3. The van der Waals surface area contributed by atoms with Crippen LogP contribution in [0.4, 0.5) is 0 Å². The van der Waals surface area contributed by atoms with Crippen molar-refractivity contribution in [1.82, 2.24) is 0 Å². The smallest absolute Gasteiger partial charge is 0.121 e. The number of aryl methyl sites for hydroxylation is 1. The topological polar surface area (TPSA) is 35.2 Å². The lowest BCUT2D eigenvalue weighted by atomic mass is 10.2. The summed E-state index contributed by atoms with van der Waals surface area (Å²) in [4.78, 5) is 0.942. The lowest BCUT2D eigenvalue weighted by Gasteiger charge is -2.18. The van der Waals surface area contributed by atoms with Gasteiger partial charge in [-0.1, -0.05) is 0 Å². The minimum atomic E-state index is -0.235. The van der Waals surface area contributed by atoms with Gasteiger partial charge >= 0.3 is 0 Å². The van der Waals surface area contributed by atoms with E-state index in [1.807, 2.05) is 32.9 Å². The molecule has 78 valence electrons. The molecule has 2 nitrogen and oxygen atoms in total. The molecule has 0 heterocycles. The van der Waals surface area contributed by atoms with Crippen molar-refractivity contribution in [1.29, 1.82) is 0 Å². The van der Waals surface area contributed by atoms with Gasteiger partial charge in [-0.2, -0.15) is 0 Å². The second kappa shape index (κ2) is 4.24. The van der Waals surface area contributed by atoms with Gasteiger partial charge in [-0.25, -0.2) is 0 Å². The molecule has 1 aromatic carbocycles. The van der Waals surface area contributed by atoms with E-state index in [0.717, 1.165) is 11.3 Å². The van der Waals surface area contributed by atoms with Crippen LogP contribution in [0.15, 0.2) is 23.1 Å². The minimum absolute atomic E-state index is 0.235. The Bertz CT molecular complexity index is 318. The summed E-state index contributed by atoms with van der Waals surface area (Å²) < 4.78 is 5.19. The fourth-order valence-corrected chi connectivity index (χ4v) is 2.20. The highest BCUT2D eigenvalue weighted by atomic mass is 32.2. The Morgan fingerprint density at radius 2 is 2.00 bits per heavy atom. The molecule has 0 saturated carbocycles. The zero-order valence-electron chi connectivity index (χ0n) is 9.13. The Morgan fingerprint density at radius 1 is 1.36 bits per heavy atom. The van der Waals surface area contributed by atoms with Gasteiger partial charge in [-0.05, 0) is 44.5 Å². The summed E-state index contributed by atoms with van der Waals surface area (Å²) >= 11 is 1.66. The maximum absolute atomic E-state index is 5.92. The SMILES string of the molecule is COc1ccc(SC(C)(C)N)cc1C. The van der Waals surface area contributed by atoms with Crippen molar-refractivity contribution in [2.45, 2.75) is 30.5 Å². The van der Waals surface area contributed by atoms with Gasteiger partial charge in [0.05, 0.1) is 12.0 Å². The maximum Gasteiger partial charge on any atom is 0.121 e. The van der Waals surface area contributed by atoms with Crippen molar-refractivity contribution in [3.05, 3.63) is 23.8 Å². The molecule has 0 saturated heterocycles. The molecule has 0 unspecified atom stereocenters. The third-order valence-electron chi connectivity index (χ3n) is 1.75. The molecule has 0 aliphatic carbocycles. The number of rotatable bonds is 3. The number of thioether (sulfide) groups is 1. The van der Waals surface area contributed by atoms with E-state index >= 15 is 0 Å². The molecule has 0 spiro atoms. The lowest BCUT2D eigenvalue weighted by molar-refractivity contribution is 0.411. The molecule has 1 rings (SSSR count). The quantitative estimate of drug-likeness (QED) is 0.617. The van der Waals surface area contributed by atoms with E-state index in [-0.39, 0.29) is 4.87 Å². The molecule has 3 heteroatoms. The maximum atomic E-state index is 5.92. The van der Waals surface area contributed by atoms with Gasteiger partial charge in [-0.3, -0.25) is 0 Å². The van der Waals surface area contributed by atoms with Crippen LogP contribution in [0.2, 0.25) is 0 Å². The summed E-state index contributed by atoms with van der Waals surface area (Å²) in [5, 5.41) is 0. The first-order valence-corrected chi connectivity index (χ1v) is 5.36. The van der Waals surface area contributed by atoms with Crippen molar-refractivity contribution in [2.24, 2.45) is 5.73 Å². The Kier molecular flexibility index (Phi) is 3.45. The minimum Gasteiger partial charge on any atom is -0.496 e. The number of methoxy groups -OCH3 is 1. The average Bonchev–Trinajstić information content (AvgIpc) is 2.01. The van der Waals surface area contributed by atoms with Crippen LogP contribution < -0.4 is 10.5 Å². The van der Waals surface area contributed by atoms with E-state index in [1.54, 1.807) is 18.9 Å². The van der Waals surface area contributed by atoms with Crippen LogP contribution in [0.3, 0.4) is 0 Å². The third kappa shape index (κ3) is 3.24. The summed E-state index contributed by atoms with van der Waals surface area (Å²) in [5.74, 6) is 0.921. The van der Waals surface area contributed by atoms with Crippen molar-refractivity contribution in [3.8, 4) is 5.75 Å². The monoisotopic (exact) mass is 211 g/mol. The first-order chi connectivity index (χ1) is 6.42. The van der Waals surface area contributed by atoms with Gasteiger partial charge in [0, 0.05) is 4.90 Å². The molecule has 0 aliphatic heterocycles. The summed E-state index contributed by atoms with van der Waals surface area (Å²) in [5.41, 5.74) is 7.06. The predicted molar refractivity (Wildman–Crippen MR) is 61.9 cm³/mol. The molecule has 0 amide bonds. The molecular weight excluding hydrogens is 194 g/mol. The molecule has 0 fully saturated rings. The highest BCUT2D eigenvalue weighted by Gasteiger charge is 2.12. The second-order valence-electron chi connectivity index (χ2n) is 3.84. The fraction of sp³-hybridized carbons (Fsp3) is 0.455. The predicted octanol–water partition coefficient (Wildman–Crippen LogP) is 2.79. The molecule has 14 heavy (non-hydrogen) atoms. The first-order valence-electron chi connectivity index (χ1n) is 4.55. The largest absolute Gasteiger partial charge is 0.496 e. The van der Waals surface area contributed by atoms with Crippen LogP contribution >= 0.6 is 11.8 Å². The Hall–Kier alpha value is -0.670. The van der Waals surface area contributed by atoms with E-state index < -0.39 is 0 Å². The van der Waals surface area contributed by atoms with Gasteiger partial charge < -0.3 is 10.5 Å². The standard InChI is InChI=1S/C11H17NOS/c1-8-7-9(14-11(2,3)12)5-6-10(8)13-4/h5-7H,12H2,1-4H3. The van der Waals surface area contributed by atoms with Crippen LogP contribution in [-0.2, 0) is 0 Å². The van der Waals surface area contributed by atoms with Crippen molar-refractivity contribution >= 4 is 11.8 Å². The molecule has 0 aliphatic rings. The molecule has 2 N–H and O–H groups in total. The van der Waals surface area contributed by atoms with Gasteiger partial charge in [0.15, 0.2) is 0 Å². The van der Waals surface area contributed by atoms with Gasteiger partial charge in [-0.15, -0.1) is 11.8 Å². The zero-order chi connectivity index (χ0) is 10.8. The first kappa shape index (κ1) is 11.4. The number of nitrogens with two attached hydrogens (primary N) is 1. The van der Waals surface area contributed by atoms with Crippen molar-refractivity contribution in [2.75, 3.05) is 7.11 Å². The van der Waals surface area contributed by atoms with Gasteiger partial charge in [0.25, 0.3) is 0 Å². The van der Waals surface area contributed by atoms with Crippen molar-refractivity contribution < 1.29 is 4.74 Å². The molecule has 0 bridgehead atoms.